The lowest BCUT2D eigenvalue weighted by atomic mass is 10.0. The Morgan fingerprint density at radius 1 is 0.923 bits per heavy atom. The third kappa shape index (κ3) is 5.45. The van der Waals surface area contributed by atoms with E-state index in [0.29, 0.717) is 18.7 Å². The highest BCUT2D eigenvalue weighted by atomic mass is 16.2. The molecular formula is C22H24N2O2. The summed E-state index contributed by atoms with van der Waals surface area (Å²) < 4.78 is 0. The minimum absolute atomic E-state index is 0.0629. The molecule has 134 valence electrons. The van der Waals surface area contributed by atoms with Gasteiger partial charge in [0, 0.05) is 18.7 Å². The van der Waals surface area contributed by atoms with E-state index >= 15 is 0 Å². The van der Waals surface area contributed by atoms with Gasteiger partial charge in [-0.2, -0.15) is 0 Å². The molecule has 2 aromatic carbocycles. The zero-order valence-corrected chi connectivity index (χ0v) is 14.8. The fourth-order valence-electron chi connectivity index (χ4n) is 2.66. The van der Waals surface area contributed by atoms with Crippen molar-refractivity contribution in [1.82, 2.24) is 10.2 Å². The van der Waals surface area contributed by atoms with Gasteiger partial charge in [0.05, 0.1) is 12.5 Å². The highest BCUT2D eigenvalue weighted by molar-refractivity contribution is 5.94. The van der Waals surface area contributed by atoms with E-state index in [1.54, 1.807) is 29.2 Å². The van der Waals surface area contributed by atoms with Crippen LogP contribution in [0.25, 0.3) is 0 Å². The maximum Gasteiger partial charge on any atom is 0.251 e. The summed E-state index contributed by atoms with van der Waals surface area (Å²) in [6.45, 7) is 8.27. The highest BCUT2D eigenvalue weighted by Crippen LogP contribution is 2.19. The van der Waals surface area contributed by atoms with Gasteiger partial charge in [-0.1, -0.05) is 60.7 Å². The van der Waals surface area contributed by atoms with E-state index in [1.807, 2.05) is 48.5 Å². The number of benzene rings is 2. The SMILES string of the molecule is C=CCN(CC=C)C(=O)CC(NC(=O)c1ccccc1)c1ccccc1. The molecule has 2 aromatic rings. The Bertz CT molecular complexity index is 731. The van der Waals surface area contributed by atoms with Crippen molar-refractivity contribution in [1.29, 1.82) is 0 Å². The lowest BCUT2D eigenvalue weighted by molar-refractivity contribution is -0.130. The van der Waals surface area contributed by atoms with Crippen molar-refractivity contribution in [3.05, 3.63) is 97.1 Å². The third-order valence-corrected chi connectivity index (χ3v) is 3.97. The molecule has 0 aromatic heterocycles. The quantitative estimate of drug-likeness (QED) is 0.702. The average Bonchev–Trinajstić information content (AvgIpc) is 2.68. The van der Waals surface area contributed by atoms with Gasteiger partial charge >= 0.3 is 0 Å². The van der Waals surface area contributed by atoms with Crippen molar-refractivity contribution in [2.75, 3.05) is 13.1 Å². The van der Waals surface area contributed by atoms with Gasteiger partial charge in [-0.15, -0.1) is 13.2 Å². The molecule has 0 bridgehead atoms. The minimum atomic E-state index is -0.409. The number of rotatable bonds is 9. The fourth-order valence-corrected chi connectivity index (χ4v) is 2.66. The van der Waals surface area contributed by atoms with E-state index in [9.17, 15) is 9.59 Å². The van der Waals surface area contributed by atoms with E-state index in [-0.39, 0.29) is 18.2 Å². The van der Waals surface area contributed by atoms with Gasteiger partial charge in [0.25, 0.3) is 5.91 Å². The van der Waals surface area contributed by atoms with Gasteiger partial charge in [0.15, 0.2) is 0 Å². The smallest absolute Gasteiger partial charge is 0.251 e. The summed E-state index contributed by atoms with van der Waals surface area (Å²) in [6, 6.07) is 18.1. The molecule has 0 saturated carbocycles. The van der Waals surface area contributed by atoms with Crippen molar-refractivity contribution in [3.8, 4) is 0 Å². The molecule has 0 fully saturated rings. The summed E-state index contributed by atoms with van der Waals surface area (Å²) in [6.07, 6.45) is 3.53. The predicted molar refractivity (Wildman–Crippen MR) is 105 cm³/mol. The van der Waals surface area contributed by atoms with Gasteiger partial charge in [-0.3, -0.25) is 9.59 Å². The molecule has 0 aliphatic rings. The maximum atomic E-state index is 12.7. The summed E-state index contributed by atoms with van der Waals surface area (Å²) >= 11 is 0. The molecule has 26 heavy (non-hydrogen) atoms. The third-order valence-electron chi connectivity index (χ3n) is 3.97. The summed E-state index contributed by atoms with van der Waals surface area (Å²) in [4.78, 5) is 26.9. The summed E-state index contributed by atoms with van der Waals surface area (Å²) in [5.41, 5.74) is 1.46. The zero-order chi connectivity index (χ0) is 18.8. The molecule has 1 unspecified atom stereocenters. The second-order valence-corrected chi connectivity index (χ2v) is 5.88. The normalized spacial score (nSPS) is 11.2. The number of hydrogen-bond donors (Lipinski definition) is 1. The van der Waals surface area contributed by atoms with Crippen molar-refractivity contribution in [2.45, 2.75) is 12.5 Å². The first-order valence-electron chi connectivity index (χ1n) is 8.56. The lowest BCUT2D eigenvalue weighted by Gasteiger charge is -2.24. The van der Waals surface area contributed by atoms with Crippen LogP contribution in [0.3, 0.4) is 0 Å². The van der Waals surface area contributed by atoms with Crippen LogP contribution in [0, 0.1) is 0 Å². The van der Waals surface area contributed by atoms with E-state index in [0.717, 1.165) is 5.56 Å². The van der Waals surface area contributed by atoms with Crippen molar-refractivity contribution in [3.63, 3.8) is 0 Å². The van der Waals surface area contributed by atoms with Crippen molar-refractivity contribution in [2.24, 2.45) is 0 Å². The van der Waals surface area contributed by atoms with Crippen LogP contribution in [-0.2, 0) is 4.79 Å². The molecule has 4 heteroatoms. The molecule has 0 radical (unpaired) electrons. The monoisotopic (exact) mass is 348 g/mol. The summed E-state index contributed by atoms with van der Waals surface area (Å²) in [5.74, 6) is -0.266. The van der Waals surface area contributed by atoms with Crippen LogP contribution in [0.2, 0.25) is 0 Å². The number of carbonyl (C=O) groups is 2. The molecule has 0 saturated heterocycles. The Morgan fingerprint density at radius 2 is 1.46 bits per heavy atom. The maximum absolute atomic E-state index is 12.7. The van der Waals surface area contributed by atoms with E-state index in [4.69, 9.17) is 0 Å². The average molecular weight is 348 g/mol. The number of amides is 2. The van der Waals surface area contributed by atoms with E-state index < -0.39 is 6.04 Å². The number of nitrogens with one attached hydrogen (secondary N) is 1. The van der Waals surface area contributed by atoms with Crippen LogP contribution >= 0.6 is 0 Å². The van der Waals surface area contributed by atoms with Crippen LogP contribution in [0.15, 0.2) is 86.0 Å². The van der Waals surface area contributed by atoms with E-state index in [2.05, 4.69) is 18.5 Å². The Labute approximate surface area is 154 Å². The molecule has 2 rings (SSSR count). The second-order valence-electron chi connectivity index (χ2n) is 5.88. The molecule has 0 aliphatic carbocycles. The lowest BCUT2D eigenvalue weighted by Crippen LogP contribution is -2.36. The zero-order valence-electron chi connectivity index (χ0n) is 14.8. The minimum Gasteiger partial charge on any atom is -0.345 e. The largest absolute Gasteiger partial charge is 0.345 e. The fraction of sp³-hybridized carbons (Fsp3) is 0.182. The molecular weight excluding hydrogens is 324 g/mol. The van der Waals surface area contributed by atoms with Crippen molar-refractivity contribution >= 4 is 11.8 Å². The highest BCUT2D eigenvalue weighted by Gasteiger charge is 2.21. The van der Waals surface area contributed by atoms with Crippen molar-refractivity contribution < 1.29 is 9.59 Å². The molecule has 0 heterocycles. The standard InChI is InChI=1S/C22H24N2O2/c1-3-15-24(16-4-2)21(25)17-20(18-11-7-5-8-12-18)23-22(26)19-13-9-6-10-14-19/h3-14,20H,1-2,15-17H2,(H,23,26). The van der Waals surface area contributed by atoms with Gasteiger partial charge in [0.2, 0.25) is 5.91 Å². The van der Waals surface area contributed by atoms with Crippen LogP contribution in [0.4, 0.5) is 0 Å². The number of nitrogens with zero attached hydrogens (tertiary/aromatic N) is 1. The van der Waals surface area contributed by atoms with Gasteiger partial charge in [-0.25, -0.2) is 0 Å². The number of hydrogen-bond acceptors (Lipinski definition) is 2. The van der Waals surface area contributed by atoms with Crippen LogP contribution in [0.1, 0.15) is 28.4 Å². The first kappa shape index (κ1) is 19.2. The number of carbonyl (C=O) groups excluding carboxylic acids is 2. The Kier molecular flexibility index (Phi) is 7.37. The van der Waals surface area contributed by atoms with Gasteiger partial charge in [0.1, 0.15) is 0 Å². The summed E-state index contributed by atoms with van der Waals surface area (Å²) in [5, 5.41) is 2.98. The van der Waals surface area contributed by atoms with E-state index in [1.165, 1.54) is 0 Å². The molecule has 0 aliphatic heterocycles. The molecule has 2 amide bonds. The first-order valence-corrected chi connectivity index (χ1v) is 8.56. The Morgan fingerprint density at radius 3 is 2.00 bits per heavy atom. The topological polar surface area (TPSA) is 49.4 Å². The van der Waals surface area contributed by atoms with Gasteiger partial charge < -0.3 is 10.2 Å². The predicted octanol–water partition coefficient (Wildman–Crippen LogP) is 3.75. The molecule has 4 nitrogen and oxygen atoms in total. The molecule has 1 atom stereocenters. The molecule has 0 spiro atoms. The van der Waals surface area contributed by atoms with Crippen LogP contribution in [0.5, 0.6) is 0 Å². The summed E-state index contributed by atoms with van der Waals surface area (Å²) in [7, 11) is 0. The first-order chi connectivity index (χ1) is 12.7. The van der Waals surface area contributed by atoms with Gasteiger partial charge in [-0.05, 0) is 17.7 Å². The second kappa shape index (κ2) is 9.99. The Balaban J connectivity index is 2.19. The molecule has 1 N–H and O–H groups in total. The van der Waals surface area contributed by atoms with Crippen LogP contribution in [-0.4, -0.2) is 29.8 Å². The van der Waals surface area contributed by atoms with Crippen LogP contribution < -0.4 is 5.32 Å². The Hall–Kier alpha value is -3.14.